The Labute approximate surface area is 95.5 Å². The normalized spacial score (nSPS) is 20.2. The van der Waals surface area contributed by atoms with Crippen molar-refractivity contribution in [2.75, 3.05) is 6.54 Å². The van der Waals surface area contributed by atoms with E-state index in [1.165, 1.54) is 12.1 Å². The molecule has 0 bridgehead atoms. The number of aliphatic hydroxyl groups is 1. The fourth-order valence-electron chi connectivity index (χ4n) is 1.97. The fraction of sp³-hybridized carbons (Fsp3) is 0.538. The molecule has 2 nitrogen and oxygen atoms in total. The highest BCUT2D eigenvalue weighted by Crippen LogP contribution is 2.31. The van der Waals surface area contributed by atoms with Crippen molar-refractivity contribution >= 4 is 0 Å². The lowest BCUT2D eigenvalue weighted by Crippen LogP contribution is -2.46. The van der Waals surface area contributed by atoms with Crippen molar-refractivity contribution in [3.63, 3.8) is 0 Å². The molecule has 1 aliphatic carbocycles. The van der Waals surface area contributed by atoms with Crippen molar-refractivity contribution in [1.29, 1.82) is 0 Å². The molecule has 0 spiro atoms. The van der Waals surface area contributed by atoms with Crippen LogP contribution in [0.2, 0.25) is 0 Å². The second-order valence-corrected chi connectivity index (χ2v) is 4.73. The summed E-state index contributed by atoms with van der Waals surface area (Å²) >= 11 is 0. The molecule has 1 aromatic rings. The number of rotatable bonds is 4. The van der Waals surface area contributed by atoms with Crippen LogP contribution in [0.15, 0.2) is 24.3 Å². The average Bonchev–Trinajstić information content (AvgIpc) is 2.24. The number of hydrogen-bond acceptors (Lipinski definition) is 2. The maximum atomic E-state index is 12.7. The molecule has 1 aliphatic rings. The van der Waals surface area contributed by atoms with Crippen molar-refractivity contribution in [3.8, 4) is 0 Å². The van der Waals surface area contributed by atoms with Crippen molar-refractivity contribution < 1.29 is 9.50 Å². The Morgan fingerprint density at radius 2 is 2.00 bits per heavy atom. The Morgan fingerprint density at radius 3 is 2.50 bits per heavy atom. The lowest BCUT2D eigenvalue weighted by molar-refractivity contribution is -0.0329. The fourth-order valence-corrected chi connectivity index (χ4v) is 1.97. The van der Waals surface area contributed by atoms with Crippen LogP contribution in [-0.4, -0.2) is 17.3 Å². The Morgan fingerprint density at radius 1 is 1.38 bits per heavy atom. The van der Waals surface area contributed by atoms with E-state index in [2.05, 4.69) is 5.32 Å². The van der Waals surface area contributed by atoms with Gasteiger partial charge in [0.15, 0.2) is 0 Å². The third kappa shape index (κ3) is 2.60. The van der Waals surface area contributed by atoms with Crippen molar-refractivity contribution in [2.45, 2.75) is 37.8 Å². The zero-order valence-corrected chi connectivity index (χ0v) is 9.54. The summed E-state index contributed by atoms with van der Waals surface area (Å²) in [5.74, 6) is -0.214. The number of nitrogens with one attached hydrogen (secondary N) is 1. The topological polar surface area (TPSA) is 32.3 Å². The molecule has 1 saturated carbocycles. The molecule has 3 heteroatoms. The Hall–Kier alpha value is -0.930. The molecular formula is C13H18FNO. The van der Waals surface area contributed by atoms with Gasteiger partial charge in [-0.1, -0.05) is 12.1 Å². The van der Waals surface area contributed by atoms with E-state index < -0.39 is 5.60 Å². The van der Waals surface area contributed by atoms with Crippen LogP contribution in [0.4, 0.5) is 4.39 Å². The van der Waals surface area contributed by atoms with Gasteiger partial charge in [0.1, 0.15) is 5.82 Å². The van der Waals surface area contributed by atoms with Gasteiger partial charge in [-0.05, 0) is 43.9 Å². The summed E-state index contributed by atoms with van der Waals surface area (Å²) < 4.78 is 12.7. The molecule has 1 atom stereocenters. The molecule has 1 unspecified atom stereocenters. The molecule has 88 valence electrons. The van der Waals surface area contributed by atoms with E-state index in [0.29, 0.717) is 6.54 Å². The van der Waals surface area contributed by atoms with E-state index in [1.807, 2.05) is 6.92 Å². The number of hydrogen-bond donors (Lipinski definition) is 2. The highest BCUT2D eigenvalue weighted by Gasteiger charge is 2.34. The van der Waals surface area contributed by atoms with Gasteiger partial charge in [-0.2, -0.15) is 0 Å². The van der Waals surface area contributed by atoms with Gasteiger partial charge in [0.05, 0.1) is 5.60 Å². The van der Waals surface area contributed by atoms with Gasteiger partial charge in [-0.15, -0.1) is 0 Å². The first kappa shape index (κ1) is 11.6. The van der Waals surface area contributed by atoms with Gasteiger partial charge in [0, 0.05) is 12.6 Å². The smallest absolute Gasteiger partial charge is 0.123 e. The minimum Gasteiger partial charge on any atom is -0.389 e. The largest absolute Gasteiger partial charge is 0.389 e. The van der Waals surface area contributed by atoms with Crippen molar-refractivity contribution in [2.24, 2.45) is 0 Å². The molecule has 2 rings (SSSR count). The Bertz CT molecular complexity index is 345. The summed E-state index contributed by atoms with van der Waals surface area (Å²) in [7, 11) is 0. The first-order valence-corrected chi connectivity index (χ1v) is 5.80. The number of halogens is 1. The van der Waals surface area contributed by atoms with Gasteiger partial charge < -0.3 is 10.4 Å². The summed E-state index contributed by atoms with van der Waals surface area (Å²) in [5, 5.41) is 13.2. The van der Waals surface area contributed by atoms with Crippen LogP contribution in [0.1, 0.15) is 37.8 Å². The van der Waals surface area contributed by atoms with Gasteiger partial charge >= 0.3 is 0 Å². The molecule has 0 aromatic heterocycles. The Kier molecular flexibility index (Phi) is 3.26. The minimum absolute atomic E-state index is 0.144. The van der Waals surface area contributed by atoms with Gasteiger partial charge in [-0.3, -0.25) is 0 Å². The minimum atomic E-state index is -0.506. The molecule has 0 heterocycles. The third-order valence-electron chi connectivity index (χ3n) is 3.39. The van der Waals surface area contributed by atoms with Crippen LogP contribution in [0.3, 0.4) is 0 Å². The second kappa shape index (κ2) is 4.52. The van der Waals surface area contributed by atoms with E-state index >= 15 is 0 Å². The lowest BCUT2D eigenvalue weighted by Gasteiger charge is -2.37. The average molecular weight is 223 g/mol. The molecule has 2 N–H and O–H groups in total. The monoisotopic (exact) mass is 223 g/mol. The summed E-state index contributed by atoms with van der Waals surface area (Å²) in [6.07, 6.45) is 2.88. The zero-order valence-electron chi connectivity index (χ0n) is 9.54. The Balaban J connectivity index is 1.87. The summed E-state index contributed by atoms with van der Waals surface area (Å²) in [5.41, 5.74) is 0.540. The van der Waals surface area contributed by atoms with Crippen LogP contribution >= 0.6 is 0 Å². The predicted molar refractivity (Wildman–Crippen MR) is 61.6 cm³/mol. The highest BCUT2D eigenvalue weighted by atomic mass is 19.1. The molecule has 0 aliphatic heterocycles. The second-order valence-electron chi connectivity index (χ2n) is 4.73. The standard InChI is InChI=1S/C13H18FNO/c1-10(11-3-5-12(14)6-4-11)15-9-13(16)7-2-8-13/h3-6,10,15-16H,2,7-9H2,1H3. The van der Waals surface area contributed by atoms with Gasteiger partial charge in [-0.25, -0.2) is 4.39 Å². The van der Waals surface area contributed by atoms with Crippen LogP contribution in [0, 0.1) is 5.82 Å². The summed E-state index contributed by atoms with van der Waals surface area (Å²) in [4.78, 5) is 0. The van der Waals surface area contributed by atoms with E-state index in [4.69, 9.17) is 0 Å². The molecule has 1 fully saturated rings. The van der Waals surface area contributed by atoms with Crippen molar-refractivity contribution in [3.05, 3.63) is 35.6 Å². The predicted octanol–water partition coefficient (Wildman–Crippen LogP) is 2.39. The SMILES string of the molecule is CC(NCC1(O)CCC1)c1ccc(F)cc1. The highest BCUT2D eigenvalue weighted by molar-refractivity contribution is 5.19. The third-order valence-corrected chi connectivity index (χ3v) is 3.39. The van der Waals surface area contributed by atoms with Gasteiger partial charge in [0.25, 0.3) is 0 Å². The van der Waals surface area contributed by atoms with Crippen LogP contribution in [0.5, 0.6) is 0 Å². The number of benzene rings is 1. The van der Waals surface area contributed by atoms with Crippen LogP contribution in [-0.2, 0) is 0 Å². The van der Waals surface area contributed by atoms with E-state index in [0.717, 1.165) is 24.8 Å². The quantitative estimate of drug-likeness (QED) is 0.821. The van der Waals surface area contributed by atoms with Gasteiger partial charge in [0.2, 0.25) is 0 Å². The maximum Gasteiger partial charge on any atom is 0.123 e. The molecule has 0 saturated heterocycles. The molecule has 16 heavy (non-hydrogen) atoms. The zero-order chi connectivity index (χ0) is 11.6. The van der Waals surface area contributed by atoms with Crippen LogP contribution < -0.4 is 5.32 Å². The molecule has 0 amide bonds. The first-order chi connectivity index (χ1) is 7.59. The van der Waals surface area contributed by atoms with Crippen LogP contribution in [0.25, 0.3) is 0 Å². The molecule has 0 radical (unpaired) electrons. The summed E-state index contributed by atoms with van der Waals surface area (Å²) in [6, 6.07) is 6.62. The first-order valence-electron chi connectivity index (χ1n) is 5.80. The van der Waals surface area contributed by atoms with E-state index in [-0.39, 0.29) is 11.9 Å². The van der Waals surface area contributed by atoms with E-state index in [9.17, 15) is 9.50 Å². The molecule has 1 aromatic carbocycles. The van der Waals surface area contributed by atoms with Crippen molar-refractivity contribution in [1.82, 2.24) is 5.32 Å². The van der Waals surface area contributed by atoms with E-state index in [1.54, 1.807) is 12.1 Å². The lowest BCUT2D eigenvalue weighted by atomic mass is 9.80. The molecular weight excluding hydrogens is 205 g/mol. The maximum absolute atomic E-state index is 12.7. The summed E-state index contributed by atoms with van der Waals surface area (Å²) in [6.45, 7) is 2.64.